The van der Waals surface area contributed by atoms with Gasteiger partial charge in [0.15, 0.2) is 9.84 Å². The minimum Gasteiger partial charge on any atom is -0.459 e. The number of rotatable bonds is 8. The summed E-state index contributed by atoms with van der Waals surface area (Å²) in [5.74, 6) is 1.05. The van der Waals surface area contributed by atoms with E-state index in [4.69, 9.17) is 13.8 Å². The summed E-state index contributed by atoms with van der Waals surface area (Å²) in [5.41, 5.74) is 3.47. The molecule has 2 aromatic rings. The van der Waals surface area contributed by atoms with E-state index in [-0.39, 0.29) is 25.3 Å². The van der Waals surface area contributed by atoms with Crippen LogP contribution in [0.15, 0.2) is 58.0 Å². The molecule has 0 aliphatic carbocycles. The second kappa shape index (κ2) is 9.76. The molecule has 7 nitrogen and oxygen atoms in total. The van der Waals surface area contributed by atoms with Gasteiger partial charge in [0, 0.05) is 13.4 Å². The average Bonchev–Trinajstić information content (AvgIpc) is 3.33. The first-order chi connectivity index (χ1) is 15.4. The molecule has 0 bridgehead atoms. The van der Waals surface area contributed by atoms with Gasteiger partial charge in [-0.1, -0.05) is 30.3 Å². The van der Waals surface area contributed by atoms with Gasteiger partial charge < -0.3 is 23.9 Å². The van der Waals surface area contributed by atoms with Crippen LogP contribution >= 0.6 is 0 Å². The highest BCUT2D eigenvalue weighted by Crippen LogP contribution is 2.40. The number of fused-ring (bicyclic) bond motifs is 1. The van der Waals surface area contributed by atoms with Crippen LogP contribution in [0.3, 0.4) is 0 Å². The van der Waals surface area contributed by atoms with E-state index in [2.05, 4.69) is 0 Å². The van der Waals surface area contributed by atoms with Crippen LogP contribution in [0.5, 0.6) is 0 Å². The zero-order valence-corrected chi connectivity index (χ0v) is 18.8. The monoisotopic (exact) mass is 458 g/mol. The lowest BCUT2D eigenvalue weighted by Gasteiger charge is -2.32. The zero-order valence-electron chi connectivity index (χ0n) is 17.9. The predicted octanol–water partition coefficient (Wildman–Crippen LogP) is 2.71. The van der Waals surface area contributed by atoms with Gasteiger partial charge in [-0.15, -0.1) is 0 Å². The van der Waals surface area contributed by atoms with Gasteiger partial charge >= 0.3 is 7.12 Å². The van der Waals surface area contributed by atoms with Crippen LogP contribution in [0.4, 0.5) is 0 Å². The maximum absolute atomic E-state index is 12.7. The van der Waals surface area contributed by atoms with E-state index in [1.165, 1.54) is 0 Å². The SMILES string of the molecule is COCC1=C2[C@@H](CC/C(=C/c3ccc(CO)o3)c3ccccc3)OB(O)C[C@@H]2S(=O)(=O)C1. The maximum Gasteiger partial charge on any atom is 0.456 e. The van der Waals surface area contributed by atoms with E-state index in [9.17, 15) is 18.5 Å². The van der Waals surface area contributed by atoms with E-state index in [0.717, 1.165) is 22.3 Å². The van der Waals surface area contributed by atoms with Gasteiger partial charge in [-0.3, -0.25) is 0 Å². The molecule has 1 saturated heterocycles. The molecule has 1 aromatic heterocycles. The van der Waals surface area contributed by atoms with Crippen molar-refractivity contribution < 1.29 is 32.4 Å². The molecule has 1 aromatic carbocycles. The smallest absolute Gasteiger partial charge is 0.456 e. The summed E-state index contributed by atoms with van der Waals surface area (Å²) < 4.78 is 42.1. The fourth-order valence-electron chi connectivity index (χ4n) is 4.55. The van der Waals surface area contributed by atoms with Gasteiger partial charge in [-0.05, 0) is 53.3 Å². The van der Waals surface area contributed by atoms with E-state index in [0.29, 0.717) is 24.4 Å². The van der Waals surface area contributed by atoms with Crippen LogP contribution in [0.2, 0.25) is 6.32 Å². The summed E-state index contributed by atoms with van der Waals surface area (Å²) in [6.07, 6.45) is 2.54. The van der Waals surface area contributed by atoms with Crippen molar-refractivity contribution in [3.8, 4) is 0 Å². The first-order valence-electron chi connectivity index (χ1n) is 10.6. The van der Waals surface area contributed by atoms with Crippen molar-refractivity contribution in [3.63, 3.8) is 0 Å². The lowest BCUT2D eigenvalue weighted by molar-refractivity contribution is 0.167. The van der Waals surface area contributed by atoms with Crippen molar-refractivity contribution in [2.45, 2.75) is 37.1 Å². The Balaban J connectivity index is 1.62. The normalized spacial score (nSPS) is 23.0. The first-order valence-corrected chi connectivity index (χ1v) is 12.3. The van der Waals surface area contributed by atoms with E-state index in [1.807, 2.05) is 36.4 Å². The third-order valence-electron chi connectivity index (χ3n) is 5.94. The van der Waals surface area contributed by atoms with Crippen molar-refractivity contribution in [2.24, 2.45) is 0 Å². The zero-order chi connectivity index (χ0) is 22.7. The van der Waals surface area contributed by atoms with Crippen LogP contribution in [-0.2, 0) is 25.8 Å². The van der Waals surface area contributed by atoms with Gasteiger partial charge in [0.25, 0.3) is 0 Å². The number of ether oxygens (including phenoxy) is 1. The highest BCUT2D eigenvalue weighted by atomic mass is 32.2. The number of sulfone groups is 1. The third kappa shape index (κ3) is 4.92. The van der Waals surface area contributed by atoms with Crippen molar-refractivity contribution in [2.75, 3.05) is 19.5 Å². The lowest BCUT2D eigenvalue weighted by atomic mass is 9.74. The van der Waals surface area contributed by atoms with Crippen LogP contribution < -0.4 is 0 Å². The van der Waals surface area contributed by atoms with Crippen molar-refractivity contribution >= 4 is 28.6 Å². The molecule has 32 heavy (non-hydrogen) atoms. The fraction of sp³-hybridized carbons (Fsp3) is 0.391. The average molecular weight is 458 g/mol. The van der Waals surface area contributed by atoms with Gasteiger partial charge in [-0.25, -0.2) is 8.42 Å². The number of hydrogen-bond donors (Lipinski definition) is 2. The highest BCUT2D eigenvalue weighted by molar-refractivity contribution is 7.92. The summed E-state index contributed by atoms with van der Waals surface area (Å²) in [6, 6.07) is 13.4. The largest absolute Gasteiger partial charge is 0.459 e. The molecule has 0 spiro atoms. The molecule has 4 rings (SSSR count). The van der Waals surface area contributed by atoms with Gasteiger partial charge in [0.2, 0.25) is 0 Å². The maximum atomic E-state index is 12.7. The molecule has 2 aliphatic rings. The minimum atomic E-state index is -3.37. The number of aliphatic hydroxyl groups excluding tert-OH is 1. The molecule has 3 heterocycles. The molecule has 9 heteroatoms. The Hall–Kier alpha value is -2.17. The molecule has 0 amide bonds. The quantitative estimate of drug-likeness (QED) is 0.463. The predicted molar refractivity (Wildman–Crippen MR) is 122 cm³/mol. The number of benzene rings is 1. The van der Waals surface area contributed by atoms with Crippen molar-refractivity contribution in [1.82, 2.24) is 0 Å². The Morgan fingerprint density at radius 3 is 2.72 bits per heavy atom. The molecule has 170 valence electrons. The molecule has 2 N–H and O–H groups in total. The first kappa shape index (κ1) is 23.0. The van der Waals surface area contributed by atoms with Gasteiger partial charge in [0.05, 0.1) is 23.7 Å². The summed E-state index contributed by atoms with van der Waals surface area (Å²) in [5, 5.41) is 18.8. The Bertz CT molecular complexity index is 1100. The number of furan rings is 1. The van der Waals surface area contributed by atoms with E-state index in [1.54, 1.807) is 19.2 Å². The highest BCUT2D eigenvalue weighted by Gasteiger charge is 2.48. The molecule has 2 atom stereocenters. The fourth-order valence-corrected chi connectivity index (χ4v) is 6.65. The molecular formula is C23H27BO7S. The van der Waals surface area contributed by atoms with Crippen LogP contribution in [0.25, 0.3) is 11.6 Å². The second-order valence-electron chi connectivity index (χ2n) is 8.14. The summed E-state index contributed by atoms with van der Waals surface area (Å²) in [7, 11) is -2.95. The molecular weight excluding hydrogens is 431 g/mol. The Labute approximate surface area is 188 Å². The topological polar surface area (TPSA) is 106 Å². The number of aliphatic hydroxyl groups is 1. The summed E-state index contributed by atoms with van der Waals surface area (Å²) >= 11 is 0. The van der Waals surface area contributed by atoms with E-state index < -0.39 is 28.3 Å². The van der Waals surface area contributed by atoms with Gasteiger partial charge in [0.1, 0.15) is 18.1 Å². The standard InChI is InChI=1S/C23H27BO7S/c1-29-14-18-15-32(27,28)22-12-24(26)31-21(23(18)22)10-7-17(16-5-3-2-4-6-16)11-19-8-9-20(13-25)30-19/h2-6,8-9,11,21-22,25-26H,7,10,12-15H2,1H3/b17-11-/t21-,22+/m1/s1. The van der Waals surface area contributed by atoms with E-state index >= 15 is 0 Å². The minimum absolute atomic E-state index is 0.0505. The summed E-state index contributed by atoms with van der Waals surface area (Å²) in [6.45, 7) is 0.0628. The van der Waals surface area contributed by atoms with Gasteiger partial charge in [-0.2, -0.15) is 0 Å². The van der Waals surface area contributed by atoms with Crippen LogP contribution in [-0.4, -0.2) is 56.5 Å². The molecule has 0 unspecified atom stereocenters. The van der Waals surface area contributed by atoms with Crippen LogP contribution in [0.1, 0.15) is 29.9 Å². The number of methoxy groups -OCH3 is 1. The number of allylic oxidation sites excluding steroid dienone is 1. The third-order valence-corrected chi connectivity index (χ3v) is 8.01. The Kier molecular flexibility index (Phi) is 7.02. The summed E-state index contributed by atoms with van der Waals surface area (Å²) in [4.78, 5) is 0. The number of hydrogen-bond acceptors (Lipinski definition) is 7. The lowest BCUT2D eigenvalue weighted by Crippen LogP contribution is -2.42. The Morgan fingerprint density at radius 1 is 1.25 bits per heavy atom. The Morgan fingerprint density at radius 2 is 2.03 bits per heavy atom. The molecule has 0 saturated carbocycles. The van der Waals surface area contributed by atoms with Crippen molar-refractivity contribution in [1.29, 1.82) is 0 Å². The molecule has 2 aliphatic heterocycles. The van der Waals surface area contributed by atoms with Crippen molar-refractivity contribution in [3.05, 3.63) is 70.7 Å². The van der Waals surface area contributed by atoms with Crippen LogP contribution in [0, 0.1) is 0 Å². The molecule has 0 radical (unpaired) electrons. The molecule has 1 fully saturated rings. The second-order valence-corrected chi connectivity index (χ2v) is 10.3.